The molecular weight excluding hydrogens is 308 g/mol. The van der Waals surface area contributed by atoms with Crippen LogP contribution in [0.4, 0.5) is 0 Å². The number of β-amino-alcohol motifs (C(OH)–C–C–N with tert-alkyl or cyclic N) is 1. The lowest BCUT2D eigenvalue weighted by molar-refractivity contribution is -0.140. The monoisotopic (exact) mass is 334 g/mol. The maximum absolute atomic E-state index is 12.5. The Kier molecular flexibility index (Phi) is 4.89. The van der Waals surface area contributed by atoms with Crippen LogP contribution in [-0.2, 0) is 16.1 Å². The minimum absolute atomic E-state index is 0.0292. The van der Waals surface area contributed by atoms with Crippen molar-refractivity contribution in [2.75, 3.05) is 20.1 Å². The summed E-state index contributed by atoms with van der Waals surface area (Å²) in [6.45, 7) is 1.15. The van der Waals surface area contributed by atoms with Gasteiger partial charge < -0.3 is 15.3 Å². The van der Waals surface area contributed by atoms with Gasteiger partial charge in [0.05, 0.1) is 11.3 Å². The summed E-state index contributed by atoms with van der Waals surface area (Å²) in [6.07, 6.45) is 6.27. The average molecular weight is 334 g/mol. The van der Waals surface area contributed by atoms with E-state index in [1.165, 1.54) is 12.8 Å². The molecule has 1 saturated heterocycles. The zero-order chi connectivity index (χ0) is 17.2. The van der Waals surface area contributed by atoms with Crippen molar-refractivity contribution in [2.24, 2.45) is 0 Å². The van der Waals surface area contributed by atoms with Crippen molar-refractivity contribution in [1.29, 1.82) is 0 Å². The minimum Gasteiger partial charge on any atom is -0.388 e. The van der Waals surface area contributed by atoms with Gasteiger partial charge in [0, 0.05) is 38.7 Å². The number of carbonyl (C=O) groups is 2. The van der Waals surface area contributed by atoms with Crippen molar-refractivity contribution in [2.45, 2.75) is 56.6 Å². The van der Waals surface area contributed by atoms with Crippen LogP contribution in [-0.4, -0.2) is 57.3 Å². The Hall–Kier alpha value is -1.89. The van der Waals surface area contributed by atoms with Crippen LogP contribution < -0.4 is 5.32 Å². The van der Waals surface area contributed by atoms with E-state index in [4.69, 9.17) is 0 Å². The number of amides is 2. The van der Waals surface area contributed by atoms with Crippen LogP contribution in [0.15, 0.2) is 12.3 Å². The van der Waals surface area contributed by atoms with Crippen LogP contribution in [0, 0.1) is 0 Å². The zero-order valence-corrected chi connectivity index (χ0v) is 14.2. The van der Waals surface area contributed by atoms with Gasteiger partial charge in [-0.05, 0) is 38.2 Å². The number of hydrogen-bond donors (Lipinski definition) is 2. The first-order chi connectivity index (χ1) is 11.5. The second kappa shape index (κ2) is 6.93. The van der Waals surface area contributed by atoms with Crippen molar-refractivity contribution < 1.29 is 14.7 Å². The Morgan fingerprint density at radius 3 is 2.96 bits per heavy atom. The van der Waals surface area contributed by atoms with Crippen molar-refractivity contribution in [3.63, 3.8) is 0 Å². The molecule has 1 aliphatic carbocycles. The molecule has 2 N–H and O–H groups in total. The number of rotatable bonds is 6. The highest BCUT2D eigenvalue weighted by Gasteiger charge is 2.35. The van der Waals surface area contributed by atoms with E-state index in [0.29, 0.717) is 31.8 Å². The fourth-order valence-corrected chi connectivity index (χ4v) is 3.30. The van der Waals surface area contributed by atoms with Gasteiger partial charge >= 0.3 is 0 Å². The number of carbonyl (C=O) groups excluding carboxylic acids is 2. The Bertz CT molecular complexity index is 611. The standard InChI is InChI=1S/C17H26N4O3/c1-18-15(22)5-8-17(24)7-2-9-20(12-17)16(23)11-21-10-6-14(19-21)13-3-4-13/h6,10,13,24H,2-5,7-9,11-12H2,1H3,(H,18,22). The topological polar surface area (TPSA) is 87.5 Å². The van der Waals surface area contributed by atoms with E-state index in [0.717, 1.165) is 12.1 Å². The first-order valence-electron chi connectivity index (χ1n) is 8.73. The van der Waals surface area contributed by atoms with E-state index in [-0.39, 0.29) is 24.8 Å². The largest absolute Gasteiger partial charge is 0.388 e. The molecular formula is C17H26N4O3. The second-order valence-electron chi connectivity index (χ2n) is 7.03. The average Bonchev–Trinajstić information content (AvgIpc) is 3.32. The molecule has 2 aliphatic rings. The maximum Gasteiger partial charge on any atom is 0.244 e. The number of hydrogen-bond acceptors (Lipinski definition) is 4. The highest BCUT2D eigenvalue weighted by atomic mass is 16.3. The predicted octanol–water partition coefficient (Wildman–Crippen LogP) is 0.640. The molecule has 1 aliphatic heterocycles. The molecule has 1 saturated carbocycles. The molecule has 1 aromatic heterocycles. The van der Waals surface area contributed by atoms with E-state index in [1.807, 2.05) is 12.3 Å². The molecule has 1 unspecified atom stereocenters. The Labute approximate surface area is 142 Å². The van der Waals surface area contributed by atoms with Crippen molar-refractivity contribution >= 4 is 11.8 Å². The van der Waals surface area contributed by atoms with Gasteiger partial charge in [-0.25, -0.2) is 0 Å². The van der Waals surface area contributed by atoms with E-state index >= 15 is 0 Å². The van der Waals surface area contributed by atoms with E-state index in [1.54, 1.807) is 16.6 Å². The lowest BCUT2D eigenvalue weighted by Crippen LogP contribution is -2.51. The minimum atomic E-state index is -0.969. The van der Waals surface area contributed by atoms with E-state index < -0.39 is 5.60 Å². The quantitative estimate of drug-likeness (QED) is 0.799. The van der Waals surface area contributed by atoms with Crippen LogP contribution in [0.25, 0.3) is 0 Å². The van der Waals surface area contributed by atoms with Gasteiger partial charge in [-0.1, -0.05) is 0 Å². The lowest BCUT2D eigenvalue weighted by atomic mass is 9.88. The van der Waals surface area contributed by atoms with Crippen molar-refractivity contribution in [3.8, 4) is 0 Å². The highest BCUT2D eigenvalue weighted by molar-refractivity contribution is 5.76. The third-order valence-electron chi connectivity index (χ3n) is 4.96. The van der Waals surface area contributed by atoms with Crippen LogP contribution in [0.1, 0.15) is 50.1 Å². The first-order valence-corrected chi connectivity index (χ1v) is 8.73. The fourth-order valence-electron chi connectivity index (χ4n) is 3.30. The summed E-state index contributed by atoms with van der Waals surface area (Å²) in [6, 6.07) is 1.99. The molecule has 0 spiro atoms. The first kappa shape index (κ1) is 17.0. The lowest BCUT2D eigenvalue weighted by Gasteiger charge is -2.39. The van der Waals surface area contributed by atoms with E-state index in [9.17, 15) is 14.7 Å². The van der Waals surface area contributed by atoms with Crippen LogP contribution in [0.2, 0.25) is 0 Å². The normalized spacial score (nSPS) is 24.0. The Morgan fingerprint density at radius 1 is 1.46 bits per heavy atom. The van der Waals surface area contributed by atoms with Crippen molar-refractivity contribution in [1.82, 2.24) is 20.0 Å². The summed E-state index contributed by atoms with van der Waals surface area (Å²) in [7, 11) is 1.59. The molecule has 2 heterocycles. The van der Waals surface area contributed by atoms with E-state index in [2.05, 4.69) is 10.4 Å². The van der Waals surface area contributed by atoms with Gasteiger partial charge in [-0.15, -0.1) is 0 Å². The third kappa shape index (κ3) is 4.14. The Balaban J connectivity index is 1.54. The molecule has 1 aromatic rings. The molecule has 0 bridgehead atoms. The summed E-state index contributed by atoms with van der Waals surface area (Å²) in [4.78, 5) is 25.6. The maximum atomic E-state index is 12.5. The molecule has 3 rings (SSSR count). The molecule has 1 atom stereocenters. The predicted molar refractivity (Wildman–Crippen MR) is 88.3 cm³/mol. The second-order valence-corrected chi connectivity index (χ2v) is 7.03. The third-order valence-corrected chi connectivity index (χ3v) is 4.96. The van der Waals surface area contributed by atoms with Crippen LogP contribution in [0.3, 0.4) is 0 Å². The molecule has 7 heteroatoms. The molecule has 24 heavy (non-hydrogen) atoms. The number of piperidine rings is 1. The summed E-state index contributed by atoms with van der Waals surface area (Å²) < 4.78 is 1.69. The fraction of sp³-hybridized carbons (Fsp3) is 0.706. The highest BCUT2D eigenvalue weighted by Crippen LogP contribution is 2.38. The van der Waals surface area contributed by atoms with Gasteiger partial charge in [-0.3, -0.25) is 14.3 Å². The number of likely N-dealkylation sites (tertiary alicyclic amines) is 1. The van der Waals surface area contributed by atoms with Gasteiger partial charge in [-0.2, -0.15) is 5.10 Å². The molecule has 0 radical (unpaired) electrons. The molecule has 2 fully saturated rings. The smallest absolute Gasteiger partial charge is 0.244 e. The molecule has 7 nitrogen and oxygen atoms in total. The summed E-state index contributed by atoms with van der Waals surface area (Å²) >= 11 is 0. The number of aromatic nitrogens is 2. The SMILES string of the molecule is CNC(=O)CCC1(O)CCCN(C(=O)Cn2ccc(C3CC3)n2)C1. The van der Waals surface area contributed by atoms with Crippen LogP contribution >= 0.6 is 0 Å². The summed E-state index contributed by atoms with van der Waals surface area (Å²) in [5.41, 5.74) is 0.104. The van der Waals surface area contributed by atoms with Crippen molar-refractivity contribution in [3.05, 3.63) is 18.0 Å². The van der Waals surface area contributed by atoms with Crippen LogP contribution in [0.5, 0.6) is 0 Å². The van der Waals surface area contributed by atoms with Gasteiger partial charge in [0.1, 0.15) is 6.54 Å². The summed E-state index contributed by atoms with van der Waals surface area (Å²) in [5.74, 6) is 0.459. The number of nitrogens with one attached hydrogen (secondary N) is 1. The number of nitrogens with zero attached hydrogens (tertiary/aromatic N) is 3. The van der Waals surface area contributed by atoms with Gasteiger partial charge in [0.15, 0.2) is 0 Å². The van der Waals surface area contributed by atoms with Gasteiger partial charge in [0.25, 0.3) is 0 Å². The van der Waals surface area contributed by atoms with Gasteiger partial charge in [0.2, 0.25) is 11.8 Å². The zero-order valence-electron chi connectivity index (χ0n) is 14.2. The number of aliphatic hydroxyl groups is 1. The summed E-state index contributed by atoms with van der Waals surface area (Å²) in [5, 5.41) is 17.7. The molecule has 132 valence electrons. The molecule has 2 amide bonds. The molecule has 0 aromatic carbocycles. The Morgan fingerprint density at radius 2 is 2.25 bits per heavy atom.